The molecule has 0 saturated carbocycles. The maximum Gasteiger partial charge on any atom is 0.309 e. The molecule has 0 aliphatic heterocycles. The van der Waals surface area contributed by atoms with E-state index in [4.69, 9.17) is 0 Å². The molecule has 1 N–H and O–H groups in total. The Kier molecular flexibility index (Phi) is 2.66. The van der Waals surface area contributed by atoms with Gasteiger partial charge in [0.15, 0.2) is 0 Å². The van der Waals surface area contributed by atoms with Gasteiger partial charge in [0.2, 0.25) is 0 Å². The molecule has 2 nitrogen and oxygen atoms in total. The van der Waals surface area contributed by atoms with Gasteiger partial charge >= 0.3 is 6.41 Å². The first-order valence-corrected chi connectivity index (χ1v) is 3.52. The van der Waals surface area contributed by atoms with Gasteiger partial charge < -0.3 is 5.32 Å². The Balaban J connectivity index is 2.68. The van der Waals surface area contributed by atoms with Crippen molar-refractivity contribution in [3.63, 3.8) is 0 Å². The molecule has 0 aliphatic rings. The molecular weight excluding hydrogens is 138 g/mol. The van der Waals surface area contributed by atoms with E-state index < -0.39 is 0 Å². The summed E-state index contributed by atoms with van der Waals surface area (Å²) >= 11 is 0. The summed E-state index contributed by atoms with van der Waals surface area (Å²) in [4.78, 5) is 9.95. The molecule has 2 heteroatoms. The summed E-state index contributed by atoms with van der Waals surface area (Å²) in [5.74, 6) is 0. The van der Waals surface area contributed by atoms with Crippen LogP contribution in [0.2, 0.25) is 0 Å². The van der Waals surface area contributed by atoms with Crippen molar-refractivity contribution in [3.05, 3.63) is 35.9 Å². The first-order chi connectivity index (χ1) is 5.34. The number of hydrogen-bond acceptors (Lipinski definition) is 1. The molecule has 0 heterocycles. The quantitative estimate of drug-likeness (QED) is 0.645. The van der Waals surface area contributed by atoms with Gasteiger partial charge in [-0.15, -0.1) is 0 Å². The Morgan fingerprint density at radius 2 is 2.00 bits per heavy atom. The molecule has 11 heavy (non-hydrogen) atoms. The van der Waals surface area contributed by atoms with Crippen LogP contribution in [0.25, 0.3) is 0 Å². The maximum absolute atomic E-state index is 9.95. The Labute approximate surface area is 66.2 Å². The number of rotatable bonds is 3. The van der Waals surface area contributed by atoms with E-state index in [1.54, 1.807) is 6.41 Å². The third kappa shape index (κ3) is 2.08. The molecule has 1 radical (unpaired) electrons. The third-order valence-corrected chi connectivity index (χ3v) is 1.58. The lowest BCUT2D eigenvalue weighted by molar-refractivity contribution is 0.529. The van der Waals surface area contributed by atoms with E-state index in [-0.39, 0.29) is 6.04 Å². The van der Waals surface area contributed by atoms with Crippen LogP contribution in [-0.4, -0.2) is 6.41 Å². The van der Waals surface area contributed by atoms with Gasteiger partial charge in [-0.25, -0.2) is 0 Å². The number of amides is 1. The van der Waals surface area contributed by atoms with Crippen LogP contribution in [0.5, 0.6) is 0 Å². The standard InChI is InChI=1S/C9H10NO/c1-8(10-7-11)9-5-3-2-4-6-9/h2-6,8H,1H3,(H,10,11). The van der Waals surface area contributed by atoms with Gasteiger partial charge in [-0.3, -0.25) is 4.79 Å². The largest absolute Gasteiger partial charge is 0.341 e. The fourth-order valence-electron chi connectivity index (χ4n) is 0.913. The number of nitrogens with one attached hydrogen (secondary N) is 1. The second-order valence-corrected chi connectivity index (χ2v) is 2.38. The fourth-order valence-corrected chi connectivity index (χ4v) is 0.913. The molecule has 0 aromatic heterocycles. The topological polar surface area (TPSA) is 29.1 Å². The van der Waals surface area contributed by atoms with Gasteiger partial charge in [-0.1, -0.05) is 30.3 Å². The van der Waals surface area contributed by atoms with Gasteiger partial charge in [0.05, 0.1) is 6.04 Å². The van der Waals surface area contributed by atoms with Crippen molar-refractivity contribution in [2.75, 3.05) is 0 Å². The van der Waals surface area contributed by atoms with Crippen molar-refractivity contribution in [3.8, 4) is 0 Å². The van der Waals surface area contributed by atoms with E-state index in [9.17, 15) is 4.79 Å². The summed E-state index contributed by atoms with van der Waals surface area (Å²) < 4.78 is 0. The number of hydrogen-bond donors (Lipinski definition) is 1. The molecule has 57 valence electrons. The van der Waals surface area contributed by atoms with Crippen molar-refractivity contribution in [1.82, 2.24) is 5.32 Å². The van der Waals surface area contributed by atoms with E-state index in [0.29, 0.717) is 0 Å². The van der Waals surface area contributed by atoms with Crippen molar-refractivity contribution in [2.45, 2.75) is 13.0 Å². The lowest BCUT2D eigenvalue weighted by Gasteiger charge is -2.08. The highest BCUT2D eigenvalue weighted by molar-refractivity contribution is 5.48. The van der Waals surface area contributed by atoms with E-state index >= 15 is 0 Å². The normalized spacial score (nSPS) is 12.1. The predicted octanol–water partition coefficient (Wildman–Crippen LogP) is 1.40. The van der Waals surface area contributed by atoms with Crippen LogP contribution in [0, 0.1) is 0 Å². The minimum Gasteiger partial charge on any atom is -0.341 e. The van der Waals surface area contributed by atoms with Crippen LogP contribution >= 0.6 is 0 Å². The average molecular weight is 148 g/mol. The molecule has 0 fully saturated rings. The van der Waals surface area contributed by atoms with Crippen molar-refractivity contribution in [1.29, 1.82) is 0 Å². The van der Waals surface area contributed by atoms with Crippen LogP contribution in [0.1, 0.15) is 18.5 Å². The summed E-state index contributed by atoms with van der Waals surface area (Å²) in [6, 6.07) is 9.82. The predicted molar refractivity (Wildman–Crippen MR) is 43.7 cm³/mol. The minimum atomic E-state index is 0.0497. The molecule has 1 amide bonds. The molecule has 1 rings (SSSR count). The van der Waals surface area contributed by atoms with E-state index in [1.807, 2.05) is 37.3 Å². The highest BCUT2D eigenvalue weighted by Gasteiger charge is 2.00. The van der Waals surface area contributed by atoms with Crippen molar-refractivity contribution in [2.24, 2.45) is 0 Å². The summed E-state index contributed by atoms with van der Waals surface area (Å²) in [7, 11) is 0. The Morgan fingerprint density at radius 3 is 2.55 bits per heavy atom. The lowest BCUT2D eigenvalue weighted by Crippen LogP contribution is -2.15. The van der Waals surface area contributed by atoms with Crippen molar-refractivity contribution < 1.29 is 4.79 Å². The second-order valence-electron chi connectivity index (χ2n) is 2.38. The summed E-state index contributed by atoms with van der Waals surface area (Å²) in [5, 5.41) is 2.56. The second kappa shape index (κ2) is 3.76. The van der Waals surface area contributed by atoms with Crippen LogP contribution in [-0.2, 0) is 4.79 Å². The molecule has 0 spiro atoms. The van der Waals surface area contributed by atoms with E-state index in [2.05, 4.69) is 5.32 Å². The number of benzene rings is 1. The number of carbonyl (C=O) groups excluding carboxylic acids is 1. The van der Waals surface area contributed by atoms with Crippen LogP contribution < -0.4 is 5.32 Å². The monoisotopic (exact) mass is 148 g/mol. The molecule has 1 unspecified atom stereocenters. The molecule has 0 bridgehead atoms. The zero-order valence-corrected chi connectivity index (χ0v) is 6.37. The maximum atomic E-state index is 9.95. The van der Waals surface area contributed by atoms with Gasteiger partial charge in [0.25, 0.3) is 0 Å². The first kappa shape index (κ1) is 7.79. The molecule has 1 aromatic rings. The van der Waals surface area contributed by atoms with Crippen molar-refractivity contribution >= 4 is 6.41 Å². The van der Waals surface area contributed by atoms with E-state index in [0.717, 1.165) is 5.56 Å². The highest BCUT2D eigenvalue weighted by Crippen LogP contribution is 2.09. The third-order valence-electron chi connectivity index (χ3n) is 1.58. The van der Waals surface area contributed by atoms with Gasteiger partial charge in [-0.05, 0) is 12.5 Å². The molecule has 0 aliphatic carbocycles. The summed E-state index contributed by atoms with van der Waals surface area (Å²) in [6.45, 7) is 1.92. The van der Waals surface area contributed by atoms with Gasteiger partial charge in [0.1, 0.15) is 0 Å². The zero-order valence-electron chi connectivity index (χ0n) is 6.37. The Hall–Kier alpha value is -1.31. The molecule has 0 saturated heterocycles. The fraction of sp³-hybridized carbons (Fsp3) is 0.222. The van der Waals surface area contributed by atoms with Gasteiger partial charge in [0, 0.05) is 0 Å². The lowest BCUT2D eigenvalue weighted by atomic mass is 10.1. The highest BCUT2D eigenvalue weighted by atomic mass is 16.1. The zero-order chi connectivity index (χ0) is 8.10. The first-order valence-electron chi connectivity index (χ1n) is 3.52. The SMILES string of the molecule is CC(N[C]=O)c1ccccc1. The van der Waals surface area contributed by atoms with Crippen LogP contribution in [0.3, 0.4) is 0 Å². The van der Waals surface area contributed by atoms with Crippen LogP contribution in [0.4, 0.5) is 0 Å². The van der Waals surface area contributed by atoms with E-state index in [1.165, 1.54) is 0 Å². The molecular formula is C9H10NO. The van der Waals surface area contributed by atoms with Crippen LogP contribution in [0.15, 0.2) is 30.3 Å². The molecule has 1 aromatic carbocycles. The minimum absolute atomic E-state index is 0.0497. The average Bonchev–Trinajstić information content (AvgIpc) is 2.07. The molecule has 1 atom stereocenters. The van der Waals surface area contributed by atoms with Gasteiger partial charge in [-0.2, -0.15) is 0 Å². The smallest absolute Gasteiger partial charge is 0.309 e. The Bertz CT molecular complexity index is 220. The summed E-state index contributed by atoms with van der Waals surface area (Å²) in [5.41, 5.74) is 1.09. The Morgan fingerprint density at radius 1 is 1.36 bits per heavy atom. The summed E-state index contributed by atoms with van der Waals surface area (Å²) in [6.07, 6.45) is 1.67.